The number of nitrogens with zero attached hydrogens (tertiary/aromatic N) is 2. The molecule has 2 aromatic rings. The van der Waals surface area contributed by atoms with Gasteiger partial charge in [0.05, 0.1) is 23.3 Å². The molecule has 0 aliphatic rings. The molecule has 0 atom stereocenters. The molecule has 0 fully saturated rings. The summed E-state index contributed by atoms with van der Waals surface area (Å²) in [6.45, 7) is -0.0821. The smallest absolute Gasteiger partial charge is 0.267 e. The number of rotatable bonds is 2. The lowest BCUT2D eigenvalue weighted by Gasteiger charge is -2.14. The van der Waals surface area contributed by atoms with E-state index < -0.39 is 11.7 Å². The number of benzene rings is 1. The van der Waals surface area contributed by atoms with Gasteiger partial charge in [0.25, 0.3) is 0 Å². The molecule has 0 unspecified atom stereocenters. The van der Waals surface area contributed by atoms with Crippen molar-refractivity contribution < 1.29 is 13.2 Å². The van der Waals surface area contributed by atoms with Crippen LogP contribution in [0.1, 0.15) is 11.1 Å². The van der Waals surface area contributed by atoms with E-state index in [1.54, 1.807) is 0 Å². The third-order valence-corrected chi connectivity index (χ3v) is 2.90. The first kappa shape index (κ1) is 13.2. The Morgan fingerprint density at radius 2 is 1.94 bits per heavy atom. The molecule has 1 aromatic heterocycles. The number of aromatic nitrogens is 2. The van der Waals surface area contributed by atoms with Gasteiger partial charge in [-0.25, -0.2) is 0 Å². The second-order valence-electron chi connectivity index (χ2n) is 3.62. The van der Waals surface area contributed by atoms with E-state index in [1.165, 1.54) is 29.2 Å². The predicted octanol–water partition coefficient (Wildman–Crippen LogP) is 4.26. The van der Waals surface area contributed by atoms with Gasteiger partial charge in [0.2, 0.25) is 0 Å². The Labute approximate surface area is 111 Å². The minimum atomic E-state index is -4.45. The summed E-state index contributed by atoms with van der Waals surface area (Å²) in [4.78, 5) is 0. The zero-order chi connectivity index (χ0) is 13.3. The third-order valence-electron chi connectivity index (χ3n) is 2.35. The van der Waals surface area contributed by atoms with Crippen LogP contribution < -0.4 is 0 Å². The molecule has 0 N–H and O–H groups in total. The van der Waals surface area contributed by atoms with Gasteiger partial charge in [0, 0.05) is 16.8 Å². The van der Waals surface area contributed by atoms with E-state index in [4.69, 9.17) is 23.2 Å². The molecule has 2 nitrogen and oxygen atoms in total. The highest BCUT2D eigenvalue weighted by Gasteiger charge is 2.34. The first-order valence-corrected chi connectivity index (χ1v) is 5.66. The van der Waals surface area contributed by atoms with Gasteiger partial charge < -0.3 is 0 Å². The van der Waals surface area contributed by atoms with Gasteiger partial charge in [-0.15, -0.1) is 0 Å². The standard InChI is InChI=1S/C11H7Cl2F3N2/c12-7-4-17-18(5-7)6-8-9(11(14,15)16)2-1-3-10(8)13/h1-5H,6H2. The lowest BCUT2D eigenvalue weighted by Crippen LogP contribution is -2.12. The molecule has 7 heteroatoms. The van der Waals surface area contributed by atoms with Crippen molar-refractivity contribution in [3.63, 3.8) is 0 Å². The fourth-order valence-corrected chi connectivity index (χ4v) is 1.96. The molecule has 0 radical (unpaired) electrons. The van der Waals surface area contributed by atoms with Crippen LogP contribution in [0.25, 0.3) is 0 Å². The van der Waals surface area contributed by atoms with Gasteiger partial charge in [0.15, 0.2) is 0 Å². The van der Waals surface area contributed by atoms with Crippen molar-refractivity contribution in [3.05, 3.63) is 51.8 Å². The predicted molar refractivity (Wildman–Crippen MR) is 62.8 cm³/mol. The van der Waals surface area contributed by atoms with E-state index in [-0.39, 0.29) is 17.1 Å². The number of halogens is 5. The second-order valence-corrected chi connectivity index (χ2v) is 4.46. The van der Waals surface area contributed by atoms with Gasteiger partial charge in [-0.3, -0.25) is 4.68 Å². The summed E-state index contributed by atoms with van der Waals surface area (Å²) in [5.74, 6) is 0. The largest absolute Gasteiger partial charge is 0.416 e. The van der Waals surface area contributed by atoms with Crippen LogP contribution in [-0.4, -0.2) is 9.78 Å². The summed E-state index contributed by atoms with van der Waals surface area (Å²) in [6, 6.07) is 3.67. The van der Waals surface area contributed by atoms with Gasteiger partial charge in [-0.05, 0) is 12.1 Å². The van der Waals surface area contributed by atoms with Crippen molar-refractivity contribution in [3.8, 4) is 0 Å². The van der Waals surface area contributed by atoms with Crippen LogP contribution in [0, 0.1) is 0 Å². The zero-order valence-corrected chi connectivity index (χ0v) is 10.4. The highest BCUT2D eigenvalue weighted by atomic mass is 35.5. The Kier molecular flexibility index (Phi) is 3.54. The van der Waals surface area contributed by atoms with Gasteiger partial charge >= 0.3 is 6.18 Å². The maximum atomic E-state index is 12.8. The van der Waals surface area contributed by atoms with Crippen LogP contribution in [0.2, 0.25) is 10.0 Å². The van der Waals surface area contributed by atoms with Crippen LogP contribution in [0.15, 0.2) is 30.6 Å². The zero-order valence-electron chi connectivity index (χ0n) is 8.88. The van der Waals surface area contributed by atoms with Crippen molar-refractivity contribution in [2.45, 2.75) is 12.7 Å². The highest BCUT2D eigenvalue weighted by Crippen LogP contribution is 2.35. The minimum Gasteiger partial charge on any atom is -0.267 e. The maximum absolute atomic E-state index is 12.8. The second kappa shape index (κ2) is 4.82. The lowest BCUT2D eigenvalue weighted by molar-refractivity contribution is -0.138. The minimum absolute atomic E-state index is 0.0218. The normalized spacial score (nSPS) is 11.8. The monoisotopic (exact) mass is 294 g/mol. The highest BCUT2D eigenvalue weighted by molar-refractivity contribution is 6.31. The third kappa shape index (κ3) is 2.79. The topological polar surface area (TPSA) is 17.8 Å². The van der Waals surface area contributed by atoms with Crippen LogP contribution in [-0.2, 0) is 12.7 Å². The molecule has 1 heterocycles. The molecule has 96 valence electrons. The molecule has 0 saturated heterocycles. The molecule has 0 aliphatic carbocycles. The van der Waals surface area contributed by atoms with E-state index >= 15 is 0 Å². The Morgan fingerprint density at radius 1 is 1.22 bits per heavy atom. The summed E-state index contributed by atoms with van der Waals surface area (Å²) < 4.78 is 39.8. The van der Waals surface area contributed by atoms with Crippen molar-refractivity contribution in [2.24, 2.45) is 0 Å². The van der Waals surface area contributed by atoms with Crippen LogP contribution in [0.5, 0.6) is 0 Å². The Morgan fingerprint density at radius 3 is 2.50 bits per heavy atom. The number of alkyl halides is 3. The molecule has 1 aromatic carbocycles. The summed E-state index contributed by atoms with van der Waals surface area (Å²) in [5, 5.41) is 4.24. The number of hydrogen-bond acceptors (Lipinski definition) is 1. The molecule has 0 amide bonds. The summed E-state index contributed by atoms with van der Waals surface area (Å²) in [6.07, 6.45) is -1.66. The van der Waals surface area contributed by atoms with Crippen molar-refractivity contribution in [2.75, 3.05) is 0 Å². The van der Waals surface area contributed by atoms with Gasteiger partial charge in [-0.1, -0.05) is 29.3 Å². The SMILES string of the molecule is FC(F)(F)c1cccc(Cl)c1Cn1cc(Cl)cn1. The van der Waals surface area contributed by atoms with Crippen molar-refractivity contribution >= 4 is 23.2 Å². The maximum Gasteiger partial charge on any atom is 0.416 e. The van der Waals surface area contributed by atoms with Gasteiger partial charge in [0.1, 0.15) is 0 Å². The number of hydrogen-bond donors (Lipinski definition) is 0. The van der Waals surface area contributed by atoms with E-state index in [1.807, 2.05) is 0 Å². The Bertz CT molecular complexity index is 564. The van der Waals surface area contributed by atoms with Crippen LogP contribution in [0.4, 0.5) is 13.2 Å². The fourth-order valence-electron chi connectivity index (χ4n) is 1.57. The molecule has 0 bridgehead atoms. The molecule has 18 heavy (non-hydrogen) atoms. The van der Waals surface area contributed by atoms with E-state index in [2.05, 4.69) is 5.10 Å². The van der Waals surface area contributed by atoms with Crippen LogP contribution >= 0.6 is 23.2 Å². The molecule has 0 saturated carbocycles. The van der Waals surface area contributed by atoms with E-state index in [0.29, 0.717) is 5.02 Å². The molecule has 0 aliphatic heterocycles. The first-order valence-electron chi connectivity index (χ1n) is 4.90. The summed E-state index contributed by atoms with van der Waals surface area (Å²) >= 11 is 11.5. The van der Waals surface area contributed by atoms with E-state index in [9.17, 15) is 13.2 Å². The average Bonchev–Trinajstić information content (AvgIpc) is 2.65. The quantitative estimate of drug-likeness (QED) is 0.809. The molecular weight excluding hydrogens is 288 g/mol. The lowest BCUT2D eigenvalue weighted by atomic mass is 10.1. The van der Waals surface area contributed by atoms with Crippen molar-refractivity contribution in [1.29, 1.82) is 0 Å². The van der Waals surface area contributed by atoms with Crippen molar-refractivity contribution in [1.82, 2.24) is 9.78 Å². The molecular formula is C11H7Cl2F3N2. The Balaban J connectivity index is 2.43. The van der Waals surface area contributed by atoms with E-state index in [0.717, 1.165) is 6.07 Å². The van der Waals surface area contributed by atoms with Gasteiger partial charge in [-0.2, -0.15) is 18.3 Å². The Hall–Kier alpha value is -1.20. The summed E-state index contributed by atoms with van der Waals surface area (Å²) in [5.41, 5.74) is -0.784. The summed E-state index contributed by atoms with van der Waals surface area (Å²) in [7, 11) is 0. The average molecular weight is 295 g/mol. The first-order chi connectivity index (χ1) is 8.38. The fraction of sp³-hybridized carbons (Fsp3) is 0.182. The molecule has 2 rings (SSSR count). The molecule has 0 spiro atoms. The van der Waals surface area contributed by atoms with Crippen LogP contribution in [0.3, 0.4) is 0 Å².